The van der Waals surface area contributed by atoms with E-state index in [1.807, 2.05) is 30.3 Å². The number of benzene rings is 6. The van der Waals surface area contributed by atoms with E-state index in [-0.39, 0.29) is 5.41 Å². The van der Waals surface area contributed by atoms with E-state index >= 15 is 0 Å². The summed E-state index contributed by atoms with van der Waals surface area (Å²) in [5.74, 6) is 0.745. The lowest BCUT2D eigenvalue weighted by Gasteiger charge is -2.21. The van der Waals surface area contributed by atoms with Crippen molar-refractivity contribution < 1.29 is 4.42 Å². The van der Waals surface area contributed by atoms with E-state index in [0.717, 1.165) is 72.6 Å². The van der Waals surface area contributed by atoms with Gasteiger partial charge in [0.1, 0.15) is 11.2 Å². The second-order valence-electron chi connectivity index (χ2n) is 13.0. The Morgan fingerprint density at radius 3 is 2.19 bits per heavy atom. The lowest BCUT2D eigenvalue weighted by molar-refractivity contribution is 0.636. The molecule has 0 radical (unpaired) electrons. The first-order valence-corrected chi connectivity index (χ1v) is 16.1. The van der Waals surface area contributed by atoms with Crippen molar-refractivity contribution in [2.24, 2.45) is 0 Å². The molecule has 0 N–H and O–H groups in total. The maximum Gasteiger partial charge on any atom is 0.160 e. The van der Waals surface area contributed by atoms with Gasteiger partial charge in [-0.1, -0.05) is 117 Å². The number of para-hydroxylation sites is 2. The Morgan fingerprint density at radius 2 is 1.30 bits per heavy atom. The average Bonchev–Trinajstić information content (AvgIpc) is 3.72. The van der Waals surface area contributed by atoms with Gasteiger partial charge in [-0.3, -0.25) is 0 Å². The van der Waals surface area contributed by atoms with Crippen LogP contribution in [0.5, 0.6) is 0 Å². The predicted molar refractivity (Wildman–Crippen MR) is 192 cm³/mol. The molecule has 1 aliphatic rings. The van der Waals surface area contributed by atoms with E-state index in [4.69, 9.17) is 14.4 Å². The molecule has 222 valence electrons. The molecule has 0 unspecified atom stereocenters. The van der Waals surface area contributed by atoms with Gasteiger partial charge in [0.25, 0.3) is 0 Å². The number of hydrogen-bond acceptors (Lipinski definition) is 3. The quantitative estimate of drug-likeness (QED) is 0.202. The lowest BCUT2D eigenvalue weighted by atomic mass is 9.85. The normalized spacial score (nSPS) is 13.5. The number of rotatable bonds is 3. The molecule has 10 rings (SSSR count). The fraction of sp³-hybridized carbons (Fsp3) is 0.0698. The van der Waals surface area contributed by atoms with Crippen LogP contribution in [0.15, 0.2) is 144 Å². The van der Waals surface area contributed by atoms with Crippen LogP contribution in [0.4, 0.5) is 0 Å². The maximum absolute atomic E-state index is 6.37. The van der Waals surface area contributed by atoms with Crippen molar-refractivity contribution in [1.29, 1.82) is 0 Å². The van der Waals surface area contributed by atoms with Crippen LogP contribution < -0.4 is 0 Å². The van der Waals surface area contributed by atoms with Gasteiger partial charge in [0.2, 0.25) is 0 Å². The minimum absolute atomic E-state index is 0.254. The third-order valence-corrected chi connectivity index (χ3v) is 9.95. The first kappa shape index (κ1) is 26.2. The molecule has 0 aliphatic heterocycles. The largest absolute Gasteiger partial charge is 0.456 e. The second kappa shape index (κ2) is 9.51. The fourth-order valence-electron chi connectivity index (χ4n) is 7.72. The van der Waals surface area contributed by atoms with Crippen molar-refractivity contribution in [3.05, 3.63) is 151 Å². The van der Waals surface area contributed by atoms with Gasteiger partial charge in [-0.25, -0.2) is 9.97 Å². The van der Waals surface area contributed by atoms with Gasteiger partial charge in [-0.15, -0.1) is 0 Å². The predicted octanol–water partition coefficient (Wildman–Crippen LogP) is 11.1. The van der Waals surface area contributed by atoms with E-state index in [2.05, 4.69) is 128 Å². The topological polar surface area (TPSA) is 43.9 Å². The molecule has 0 atom stereocenters. The van der Waals surface area contributed by atoms with Crippen LogP contribution in [0.3, 0.4) is 0 Å². The molecule has 4 heteroatoms. The van der Waals surface area contributed by atoms with Crippen molar-refractivity contribution in [2.45, 2.75) is 19.3 Å². The smallest absolute Gasteiger partial charge is 0.160 e. The van der Waals surface area contributed by atoms with Gasteiger partial charge in [0.15, 0.2) is 5.82 Å². The highest BCUT2D eigenvalue weighted by atomic mass is 16.3. The van der Waals surface area contributed by atoms with E-state index in [0.29, 0.717) is 0 Å². The Hall–Kier alpha value is -6.00. The SMILES string of the molecule is CC1(C)c2ccccc2-c2c(-c3cccc(-n4c5ccccc5c5cc6c(cc54)oc4ccccc46)c3)nc(-c3ccccc3)nc21. The van der Waals surface area contributed by atoms with Crippen molar-refractivity contribution in [3.8, 4) is 39.5 Å². The summed E-state index contributed by atoms with van der Waals surface area (Å²) in [5, 5.41) is 4.69. The van der Waals surface area contributed by atoms with Crippen LogP contribution in [0.1, 0.15) is 25.1 Å². The highest BCUT2D eigenvalue weighted by molar-refractivity contribution is 6.17. The molecule has 0 saturated carbocycles. The number of aromatic nitrogens is 3. The summed E-state index contributed by atoms with van der Waals surface area (Å²) in [6.45, 7) is 4.55. The molecule has 3 aromatic heterocycles. The van der Waals surface area contributed by atoms with Gasteiger partial charge in [0, 0.05) is 55.4 Å². The monoisotopic (exact) mass is 603 g/mol. The molecule has 3 heterocycles. The van der Waals surface area contributed by atoms with Crippen molar-refractivity contribution in [1.82, 2.24) is 14.5 Å². The summed E-state index contributed by atoms with van der Waals surface area (Å²) < 4.78 is 8.73. The molecule has 0 saturated heterocycles. The van der Waals surface area contributed by atoms with Crippen LogP contribution in [-0.4, -0.2) is 14.5 Å². The third kappa shape index (κ3) is 3.70. The zero-order valence-corrected chi connectivity index (χ0v) is 26.0. The highest BCUT2D eigenvalue weighted by Gasteiger charge is 2.39. The molecule has 4 nitrogen and oxygen atoms in total. The highest BCUT2D eigenvalue weighted by Crippen LogP contribution is 2.51. The second-order valence-corrected chi connectivity index (χ2v) is 13.0. The summed E-state index contributed by atoms with van der Waals surface area (Å²) in [7, 11) is 0. The minimum Gasteiger partial charge on any atom is -0.456 e. The van der Waals surface area contributed by atoms with Crippen LogP contribution in [-0.2, 0) is 5.41 Å². The molecular formula is C43H29N3O. The van der Waals surface area contributed by atoms with Crippen LogP contribution in [0.2, 0.25) is 0 Å². The molecule has 9 aromatic rings. The van der Waals surface area contributed by atoms with Crippen molar-refractivity contribution in [3.63, 3.8) is 0 Å². The molecule has 6 aromatic carbocycles. The van der Waals surface area contributed by atoms with Gasteiger partial charge in [0.05, 0.1) is 22.4 Å². The van der Waals surface area contributed by atoms with E-state index in [1.165, 1.54) is 21.9 Å². The Kier molecular flexibility index (Phi) is 5.31. The summed E-state index contributed by atoms with van der Waals surface area (Å²) in [4.78, 5) is 10.6. The first-order valence-electron chi connectivity index (χ1n) is 16.1. The Balaban J connectivity index is 1.25. The Labute approximate surface area is 271 Å². The Morgan fingerprint density at radius 1 is 0.553 bits per heavy atom. The zero-order valence-electron chi connectivity index (χ0n) is 26.0. The molecule has 0 amide bonds. The van der Waals surface area contributed by atoms with Crippen molar-refractivity contribution in [2.75, 3.05) is 0 Å². The van der Waals surface area contributed by atoms with Gasteiger partial charge in [-0.05, 0) is 41.5 Å². The fourth-order valence-corrected chi connectivity index (χ4v) is 7.72. The Bertz CT molecular complexity index is 2710. The zero-order chi connectivity index (χ0) is 31.3. The molecule has 0 fully saturated rings. The molecule has 47 heavy (non-hydrogen) atoms. The van der Waals surface area contributed by atoms with Gasteiger partial charge in [-0.2, -0.15) is 0 Å². The number of fused-ring (bicyclic) bond motifs is 9. The minimum atomic E-state index is -0.254. The molecule has 0 spiro atoms. The standard InChI is InChI=1S/C43H29N3O/c1-43(2)34-20-9-6-19-31(34)39-40(44-42(45-41(39)43)26-13-4-3-5-14-26)27-15-12-16-28(23-27)46-35-21-10-7-17-29(35)32-24-33-30-18-8-11-22-37(30)47-38(33)25-36(32)46/h3-25H,1-2H3. The average molecular weight is 604 g/mol. The summed E-state index contributed by atoms with van der Waals surface area (Å²) in [5.41, 5.74) is 12.6. The summed E-state index contributed by atoms with van der Waals surface area (Å²) in [6.07, 6.45) is 0. The van der Waals surface area contributed by atoms with E-state index in [9.17, 15) is 0 Å². The lowest BCUT2D eigenvalue weighted by Crippen LogP contribution is -2.17. The van der Waals surface area contributed by atoms with Crippen LogP contribution >= 0.6 is 0 Å². The third-order valence-electron chi connectivity index (χ3n) is 9.95. The van der Waals surface area contributed by atoms with Crippen molar-refractivity contribution >= 4 is 43.7 Å². The van der Waals surface area contributed by atoms with Gasteiger partial charge >= 0.3 is 0 Å². The van der Waals surface area contributed by atoms with Crippen LogP contribution in [0, 0.1) is 0 Å². The summed E-state index contributed by atoms with van der Waals surface area (Å²) >= 11 is 0. The number of furan rings is 1. The maximum atomic E-state index is 6.37. The molecule has 0 bridgehead atoms. The molecule has 1 aliphatic carbocycles. The van der Waals surface area contributed by atoms with E-state index in [1.54, 1.807) is 0 Å². The van der Waals surface area contributed by atoms with Gasteiger partial charge < -0.3 is 8.98 Å². The van der Waals surface area contributed by atoms with Crippen LogP contribution in [0.25, 0.3) is 83.2 Å². The summed E-state index contributed by atoms with van der Waals surface area (Å²) in [6, 6.07) is 49.2. The number of hydrogen-bond donors (Lipinski definition) is 0. The molecular weight excluding hydrogens is 574 g/mol. The van der Waals surface area contributed by atoms with E-state index < -0.39 is 0 Å². The number of nitrogens with zero attached hydrogens (tertiary/aromatic N) is 3. The first-order chi connectivity index (χ1) is 23.1.